The van der Waals surface area contributed by atoms with Gasteiger partial charge >= 0.3 is 0 Å². The summed E-state index contributed by atoms with van der Waals surface area (Å²) in [5.74, 6) is 0. The predicted molar refractivity (Wildman–Crippen MR) is 46.3 cm³/mol. The van der Waals surface area contributed by atoms with E-state index >= 15 is 0 Å². The van der Waals surface area contributed by atoms with E-state index in [0.29, 0.717) is 6.04 Å². The summed E-state index contributed by atoms with van der Waals surface area (Å²) in [6.45, 7) is 5.33. The molecule has 1 heterocycles. The molecule has 10 heavy (non-hydrogen) atoms. The minimum Gasteiger partial charge on any atom is -0.310 e. The minimum atomic E-state index is 0.585. The Morgan fingerprint density at radius 1 is 1.60 bits per heavy atom. The minimum absolute atomic E-state index is 0.585. The van der Waals surface area contributed by atoms with Crippen molar-refractivity contribution < 1.29 is 0 Å². The lowest BCUT2D eigenvalue weighted by Crippen LogP contribution is -2.21. The molecular formula is C8H13NS. The average Bonchev–Trinajstić information content (AvgIpc) is 2.34. The van der Waals surface area contributed by atoms with Crippen LogP contribution in [-0.2, 0) is 6.54 Å². The number of thiophene rings is 1. The third-order valence-electron chi connectivity index (χ3n) is 1.26. The molecule has 0 saturated carbocycles. The van der Waals surface area contributed by atoms with Crippen molar-refractivity contribution in [3.05, 3.63) is 22.4 Å². The van der Waals surface area contributed by atoms with E-state index in [2.05, 4.69) is 36.7 Å². The molecule has 2 heteroatoms. The summed E-state index contributed by atoms with van der Waals surface area (Å²) >= 11 is 1.80. The van der Waals surface area contributed by atoms with Gasteiger partial charge in [0.15, 0.2) is 0 Å². The fourth-order valence-corrected chi connectivity index (χ4v) is 1.37. The first kappa shape index (κ1) is 7.76. The van der Waals surface area contributed by atoms with Gasteiger partial charge in [0.05, 0.1) is 0 Å². The van der Waals surface area contributed by atoms with E-state index in [0.717, 1.165) is 6.54 Å². The Bertz CT molecular complexity index is 167. The van der Waals surface area contributed by atoms with Crippen LogP contribution in [-0.4, -0.2) is 6.04 Å². The topological polar surface area (TPSA) is 12.0 Å². The van der Waals surface area contributed by atoms with Gasteiger partial charge in [0.1, 0.15) is 0 Å². The Morgan fingerprint density at radius 2 is 2.40 bits per heavy atom. The summed E-state index contributed by atoms with van der Waals surface area (Å²) in [6.07, 6.45) is 0. The van der Waals surface area contributed by atoms with E-state index in [-0.39, 0.29) is 0 Å². The quantitative estimate of drug-likeness (QED) is 0.706. The molecule has 0 fully saturated rings. The molecule has 0 aliphatic heterocycles. The summed E-state index contributed by atoms with van der Waals surface area (Å²) < 4.78 is 0. The maximum atomic E-state index is 3.36. The zero-order valence-electron chi connectivity index (χ0n) is 6.42. The zero-order valence-corrected chi connectivity index (χ0v) is 7.24. The van der Waals surface area contributed by atoms with E-state index in [1.54, 1.807) is 11.3 Å². The van der Waals surface area contributed by atoms with Crippen molar-refractivity contribution in [3.8, 4) is 0 Å². The van der Waals surface area contributed by atoms with Gasteiger partial charge < -0.3 is 5.32 Å². The van der Waals surface area contributed by atoms with Crippen LogP contribution in [0.15, 0.2) is 17.5 Å². The standard InChI is InChI=1S/C8H13NS/c1-7(2)9-6-8-4-3-5-10-8/h3-5,7,9H,6H2,1-2H3. The Morgan fingerprint density at radius 3 is 2.90 bits per heavy atom. The Labute approximate surface area is 66.1 Å². The molecule has 0 aromatic carbocycles. The van der Waals surface area contributed by atoms with Crippen LogP contribution in [0.3, 0.4) is 0 Å². The highest BCUT2D eigenvalue weighted by Gasteiger charge is 1.93. The van der Waals surface area contributed by atoms with Crippen LogP contribution >= 0.6 is 11.3 Å². The van der Waals surface area contributed by atoms with Crippen LogP contribution in [0.5, 0.6) is 0 Å². The van der Waals surface area contributed by atoms with Gasteiger partial charge in [-0.25, -0.2) is 0 Å². The summed E-state index contributed by atoms with van der Waals surface area (Å²) in [5.41, 5.74) is 0. The van der Waals surface area contributed by atoms with Gasteiger partial charge in [-0.2, -0.15) is 0 Å². The molecule has 1 N–H and O–H groups in total. The van der Waals surface area contributed by atoms with Crippen molar-refractivity contribution >= 4 is 11.3 Å². The second kappa shape index (κ2) is 3.74. The van der Waals surface area contributed by atoms with Gasteiger partial charge in [-0.05, 0) is 11.4 Å². The van der Waals surface area contributed by atoms with Crippen molar-refractivity contribution in [2.24, 2.45) is 0 Å². The molecule has 0 saturated heterocycles. The summed E-state index contributed by atoms with van der Waals surface area (Å²) in [4.78, 5) is 1.41. The van der Waals surface area contributed by atoms with Gasteiger partial charge in [-0.3, -0.25) is 0 Å². The molecular weight excluding hydrogens is 142 g/mol. The van der Waals surface area contributed by atoms with Gasteiger partial charge in [0, 0.05) is 17.5 Å². The first-order valence-electron chi connectivity index (χ1n) is 3.55. The monoisotopic (exact) mass is 155 g/mol. The summed E-state index contributed by atoms with van der Waals surface area (Å²) in [5, 5.41) is 5.47. The van der Waals surface area contributed by atoms with E-state index < -0.39 is 0 Å². The van der Waals surface area contributed by atoms with Crippen molar-refractivity contribution in [2.45, 2.75) is 26.4 Å². The van der Waals surface area contributed by atoms with Crippen LogP contribution in [0.25, 0.3) is 0 Å². The molecule has 1 rings (SSSR count). The fourth-order valence-electron chi connectivity index (χ4n) is 0.718. The highest BCUT2D eigenvalue weighted by Crippen LogP contribution is 2.07. The highest BCUT2D eigenvalue weighted by atomic mass is 32.1. The first-order chi connectivity index (χ1) is 4.79. The number of hydrogen-bond donors (Lipinski definition) is 1. The van der Waals surface area contributed by atoms with Gasteiger partial charge in [-0.15, -0.1) is 11.3 Å². The fraction of sp³-hybridized carbons (Fsp3) is 0.500. The van der Waals surface area contributed by atoms with E-state index in [1.165, 1.54) is 4.88 Å². The molecule has 1 aromatic rings. The zero-order chi connectivity index (χ0) is 7.40. The average molecular weight is 155 g/mol. The lowest BCUT2D eigenvalue weighted by Gasteiger charge is -2.04. The third kappa shape index (κ3) is 2.50. The van der Waals surface area contributed by atoms with Gasteiger partial charge in [0.2, 0.25) is 0 Å². The smallest absolute Gasteiger partial charge is 0.0302 e. The van der Waals surface area contributed by atoms with Crippen LogP contribution < -0.4 is 5.32 Å². The molecule has 0 aliphatic carbocycles. The van der Waals surface area contributed by atoms with Crippen molar-refractivity contribution in [1.82, 2.24) is 5.32 Å². The molecule has 0 aliphatic rings. The van der Waals surface area contributed by atoms with Gasteiger partial charge in [0.25, 0.3) is 0 Å². The van der Waals surface area contributed by atoms with Crippen LogP contribution in [0, 0.1) is 0 Å². The Hall–Kier alpha value is -0.340. The van der Waals surface area contributed by atoms with E-state index in [1.807, 2.05) is 0 Å². The number of rotatable bonds is 3. The summed E-state index contributed by atoms with van der Waals surface area (Å²) in [6, 6.07) is 4.82. The largest absolute Gasteiger partial charge is 0.310 e. The maximum absolute atomic E-state index is 3.36. The number of hydrogen-bond acceptors (Lipinski definition) is 2. The second-order valence-electron chi connectivity index (χ2n) is 2.61. The van der Waals surface area contributed by atoms with Crippen LogP contribution in [0.2, 0.25) is 0 Å². The molecule has 0 amide bonds. The molecule has 56 valence electrons. The van der Waals surface area contributed by atoms with E-state index in [4.69, 9.17) is 0 Å². The number of nitrogens with one attached hydrogen (secondary N) is 1. The molecule has 1 nitrogen and oxygen atoms in total. The maximum Gasteiger partial charge on any atom is 0.0302 e. The van der Waals surface area contributed by atoms with Crippen molar-refractivity contribution in [1.29, 1.82) is 0 Å². The third-order valence-corrected chi connectivity index (χ3v) is 2.14. The van der Waals surface area contributed by atoms with Crippen LogP contribution in [0.1, 0.15) is 18.7 Å². The van der Waals surface area contributed by atoms with Crippen molar-refractivity contribution in [3.63, 3.8) is 0 Å². The molecule has 0 radical (unpaired) electrons. The predicted octanol–water partition coefficient (Wildman–Crippen LogP) is 2.25. The molecule has 0 atom stereocenters. The first-order valence-corrected chi connectivity index (χ1v) is 4.43. The van der Waals surface area contributed by atoms with E-state index in [9.17, 15) is 0 Å². The SMILES string of the molecule is CC(C)NCc1cccs1. The van der Waals surface area contributed by atoms with Crippen LogP contribution in [0.4, 0.5) is 0 Å². The molecule has 1 aromatic heterocycles. The van der Waals surface area contributed by atoms with Crippen molar-refractivity contribution in [2.75, 3.05) is 0 Å². The second-order valence-corrected chi connectivity index (χ2v) is 3.65. The lowest BCUT2D eigenvalue weighted by atomic mass is 10.4. The molecule has 0 spiro atoms. The Kier molecular flexibility index (Phi) is 2.90. The normalized spacial score (nSPS) is 10.7. The van der Waals surface area contributed by atoms with Gasteiger partial charge in [-0.1, -0.05) is 19.9 Å². The molecule has 0 unspecified atom stereocenters. The highest BCUT2D eigenvalue weighted by molar-refractivity contribution is 7.09. The molecule has 0 bridgehead atoms. The summed E-state index contributed by atoms with van der Waals surface area (Å²) in [7, 11) is 0. The lowest BCUT2D eigenvalue weighted by molar-refractivity contribution is 0.593. The Balaban J connectivity index is 2.28.